The third kappa shape index (κ3) is 4.50. The summed E-state index contributed by atoms with van der Waals surface area (Å²) < 4.78 is 39.9. The Morgan fingerprint density at radius 3 is 2.46 bits per heavy atom. The average Bonchev–Trinajstić information content (AvgIpc) is 2.59. The van der Waals surface area contributed by atoms with Crippen LogP contribution in [0, 0.1) is 24.4 Å². The van der Waals surface area contributed by atoms with Gasteiger partial charge in [0.05, 0.1) is 0 Å². The third-order valence-electron chi connectivity index (χ3n) is 3.69. The Morgan fingerprint density at radius 1 is 0.885 bits per heavy atom. The lowest BCUT2D eigenvalue weighted by Crippen LogP contribution is -2.09. The van der Waals surface area contributed by atoms with Crippen LogP contribution in [-0.2, 0) is 6.42 Å². The van der Waals surface area contributed by atoms with Gasteiger partial charge in [-0.1, -0.05) is 18.2 Å². The minimum atomic E-state index is -0.953. The molecule has 1 heterocycles. The Balaban J connectivity index is 1.67. The maximum Gasteiger partial charge on any atom is 0.229 e. The number of anilines is 3. The number of aryl methyl sites for hydroxylation is 1. The fourth-order valence-electron chi connectivity index (χ4n) is 2.44. The van der Waals surface area contributed by atoms with E-state index in [-0.39, 0.29) is 11.8 Å². The third-order valence-corrected chi connectivity index (χ3v) is 3.69. The van der Waals surface area contributed by atoms with Gasteiger partial charge in [-0.15, -0.1) is 0 Å². The second kappa shape index (κ2) is 7.86. The smallest absolute Gasteiger partial charge is 0.229 e. The van der Waals surface area contributed by atoms with E-state index in [4.69, 9.17) is 0 Å². The van der Waals surface area contributed by atoms with Gasteiger partial charge in [0.2, 0.25) is 5.95 Å². The number of nitrogens with one attached hydrogen (secondary N) is 2. The summed E-state index contributed by atoms with van der Waals surface area (Å²) in [6.45, 7) is 2.28. The number of benzene rings is 2. The van der Waals surface area contributed by atoms with E-state index in [2.05, 4.69) is 20.6 Å². The predicted octanol–water partition coefficient (Wildman–Crippen LogP) is 4.60. The van der Waals surface area contributed by atoms with Gasteiger partial charge in [-0.2, -0.15) is 4.98 Å². The highest BCUT2D eigenvalue weighted by molar-refractivity contribution is 5.55. The van der Waals surface area contributed by atoms with Crippen molar-refractivity contribution in [3.63, 3.8) is 0 Å². The summed E-state index contributed by atoms with van der Waals surface area (Å²) in [6, 6.07) is 11.8. The summed E-state index contributed by atoms with van der Waals surface area (Å²) in [6.07, 6.45) is 0.502. The molecule has 0 aliphatic rings. The molecule has 2 N–H and O–H groups in total. The van der Waals surface area contributed by atoms with E-state index in [1.54, 1.807) is 31.2 Å². The molecule has 2 aromatic carbocycles. The molecule has 0 amide bonds. The molecule has 3 aromatic rings. The van der Waals surface area contributed by atoms with Crippen LogP contribution < -0.4 is 10.6 Å². The van der Waals surface area contributed by atoms with Crippen LogP contribution in [0.15, 0.2) is 48.5 Å². The molecule has 0 fully saturated rings. The van der Waals surface area contributed by atoms with Crippen LogP contribution in [0.2, 0.25) is 0 Å². The first-order chi connectivity index (χ1) is 12.5. The van der Waals surface area contributed by atoms with E-state index in [9.17, 15) is 13.2 Å². The maximum absolute atomic E-state index is 13.6. The van der Waals surface area contributed by atoms with Crippen molar-refractivity contribution in [3.8, 4) is 0 Å². The van der Waals surface area contributed by atoms with Gasteiger partial charge in [0.25, 0.3) is 0 Å². The lowest BCUT2D eigenvalue weighted by atomic mass is 10.1. The van der Waals surface area contributed by atoms with Gasteiger partial charge in [0.15, 0.2) is 11.6 Å². The van der Waals surface area contributed by atoms with E-state index in [1.165, 1.54) is 12.1 Å². The number of rotatable bonds is 6. The summed E-state index contributed by atoms with van der Waals surface area (Å²) in [5.74, 6) is -1.31. The second-order valence-electron chi connectivity index (χ2n) is 5.74. The second-order valence-corrected chi connectivity index (χ2v) is 5.74. The van der Waals surface area contributed by atoms with E-state index in [0.29, 0.717) is 35.7 Å². The molecule has 0 aliphatic carbocycles. The van der Waals surface area contributed by atoms with Gasteiger partial charge in [-0.3, -0.25) is 0 Å². The number of aromatic nitrogens is 2. The van der Waals surface area contributed by atoms with Crippen LogP contribution in [-0.4, -0.2) is 16.5 Å². The lowest BCUT2D eigenvalue weighted by Gasteiger charge is -2.10. The fraction of sp³-hybridized carbons (Fsp3) is 0.158. The summed E-state index contributed by atoms with van der Waals surface area (Å²) >= 11 is 0. The van der Waals surface area contributed by atoms with E-state index < -0.39 is 11.6 Å². The maximum atomic E-state index is 13.6. The van der Waals surface area contributed by atoms with Crippen molar-refractivity contribution in [1.29, 1.82) is 0 Å². The summed E-state index contributed by atoms with van der Waals surface area (Å²) in [7, 11) is 0. The van der Waals surface area contributed by atoms with Crippen molar-refractivity contribution in [1.82, 2.24) is 9.97 Å². The predicted molar refractivity (Wildman–Crippen MR) is 95.0 cm³/mol. The number of hydrogen-bond acceptors (Lipinski definition) is 4. The summed E-state index contributed by atoms with van der Waals surface area (Å²) in [4.78, 5) is 8.51. The van der Waals surface area contributed by atoms with Crippen LogP contribution in [0.25, 0.3) is 0 Å². The molecule has 26 heavy (non-hydrogen) atoms. The molecule has 0 spiro atoms. The van der Waals surface area contributed by atoms with Crippen molar-refractivity contribution >= 4 is 17.5 Å². The quantitative estimate of drug-likeness (QED) is 0.676. The molecule has 0 saturated carbocycles. The zero-order valence-electron chi connectivity index (χ0n) is 14.1. The monoisotopic (exact) mass is 358 g/mol. The normalized spacial score (nSPS) is 10.6. The molecule has 1 aromatic heterocycles. The van der Waals surface area contributed by atoms with E-state index in [0.717, 1.165) is 12.1 Å². The molecule has 4 nitrogen and oxygen atoms in total. The molecular formula is C19H17F3N4. The lowest BCUT2D eigenvalue weighted by molar-refractivity contribution is 0.509. The SMILES string of the molecule is Cc1cc(NCCc2ccccc2F)nc(Nc2ccc(F)c(F)c2)n1. The zero-order chi connectivity index (χ0) is 18.5. The minimum absolute atomic E-state index is 0.242. The summed E-state index contributed by atoms with van der Waals surface area (Å²) in [5.41, 5.74) is 1.65. The molecule has 0 aliphatic heterocycles. The average molecular weight is 358 g/mol. The molecule has 7 heteroatoms. The first kappa shape index (κ1) is 17.7. The Kier molecular flexibility index (Phi) is 5.36. The Labute approximate surface area is 149 Å². The van der Waals surface area contributed by atoms with Gasteiger partial charge in [0.1, 0.15) is 11.6 Å². The van der Waals surface area contributed by atoms with E-state index in [1.807, 2.05) is 0 Å². The first-order valence-corrected chi connectivity index (χ1v) is 8.06. The van der Waals surface area contributed by atoms with Crippen molar-refractivity contribution in [2.75, 3.05) is 17.2 Å². The molecule has 0 atom stereocenters. The molecular weight excluding hydrogens is 341 g/mol. The number of hydrogen-bond donors (Lipinski definition) is 2. The molecule has 0 bridgehead atoms. The van der Waals surface area contributed by atoms with Gasteiger partial charge in [-0.25, -0.2) is 18.2 Å². The molecule has 134 valence electrons. The van der Waals surface area contributed by atoms with Gasteiger partial charge < -0.3 is 10.6 Å². The molecule has 3 rings (SSSR count). The highest BCUT2D eigenvalue weighted by Gasteiger charge is 2.07. The van der Waals surface area contributed by atoms with E-state index >= 15 is 0 Å². The number of nitrogens with zero attached hydrogens (tertiary/aromatic N) is 2. The van der Waals surface area contributed by atoms with Crippen LogP contribution in [0.4, 0.5) is 30.6 Å². The highest BCUT2D eigenvalue weighted by atomic mass is 19.2. The summed E-state index contributed by atoms with van der Waals surface area (Å²) in [5, 5.41) is 5.96. The molecule has 0 saturated heterocycles. The Bertz CT molecular complexity index is 915. The van der Waals surface area contributed by atoms with Gasteiger partial charge >= 0.3 is 0 Å². The van der Waals surface area contributed by atoms with Crippen LogP contribution in [0.3, 0.4) is 0 Å². The number of halogens is 3. The molecule has 0 unspecified atom stereocenters. The topological polar surface area (TPSA) is 49.8 Å². The van der Waals surface area contributed by atoms with Crippen molar-refractivity contribution in [2.24, 2.45) is 0 Å². The molecule has 0 radical (unpaired) electrons. The van der Waals surface area contributed by atoms with Gasteiger partial charge in [-0.05, 0) is 37.1 Å². The first-order valence-electron chi connectivity index (χ1n) is 8.06. The fourth-order valence-corrected chi connectivity index (χ4v) is 2.44. The van der Waals surface area contributed by atoms with Crippen LogP contribution >= 0.6 is 0 Å². The zero-order valence-corrected chi connectivity index (χ0v) is 14.1. The standard InChI is InChI=1S/C19H17F3N4/c1-12-10-18(23-9-8-13-4-2-3-5-15(13)20)26-19(24-12)25-14-6-7-16(21)17(22)11-14/h2-7,10-11H,8-9H2,1H3,(H2,23,24,25,26). The van der Waals surface area contributed by atoms with Gasteiger partial charge in [0, 0.05) is 30.1 Å². The Morgan fingerprint density at radius 2 is 1.69 bits per heavy atom. The minimum Gasteiger partial charge on any atom is -0.370 e. The van der Waals surface area contributed by atoms with Crippen molar-refractivity contribution < 1.29 is 13.2 Å². The van der Waals surface area contributed by atoms with Crippen LogP contribution in [0.1, 0.15) is 11.3 Å². The Hall–Kier alpha value is -3.09. The van der Waals surface area contributed by atoms with Crippen molar-refractivity contribution in [3.05, 3.63) is 77.2 Å². The van der Waals surface area contributed by atoms with Crippen molar-refractivity contribution in [2.45, 2.75) is 13.3 Å². The van der Waals surface area contributed by atoms with Crippen LogP contribution in [0.5, 0.6) is 0 Å². The largest absolute Gasteiger partial charge is 0.370 e. The highest BCUT2D eigenvalue weighted by Crippen LogP contribution is 2.18.